The number of imide groups is 2. The second-order valence-electron chi connectivity index (χ2n) is 9.96. The third kappa shape index (κ3) is 5.17. The van der Waals surface area contributed by atoms with Gasteiger partial charge in [0.25, 0.3) is 11.8 Å². The summed E-state index contributed by atoms with van der Waals surface area (Å²) >= 11 is 0. The highest BCUT2D eigenvalue weighted by atomic mass is 16.5. The number of hydrogen-bond acceptors (Lipinski definition) is 7. The van der Waals surface area contributed by atoms with Crippen LogP contribution in [0, 0.1) is 0 Å². The molecule has 0 aliphatic carbocycles. The van der Waals surface area contributed by atoms with Crippen LogP contribution in [0.3, 0.4) is 0 Å². The first kappa shape index (κ1) is 25.6. The summed E-state index contributed by atoms with van der Waals surface area (Å²) in [6.45, 7) is 3.31. The molecule has 1 unspecified atom stereocenters. The van der Waals surface area contributed by atoms with Gasteiger partial charge in [-0.15, -0.1) is 0 Å². The lowest BCUT2D eigenvalue weighted by Gasteiger charge is -2.32. The van der Waals surface area contributed by atoms with E-state index in [9.17, 15) is 24.0 Å². The number of likely N-dealkylation sites (tertiary alicyclic amines) is 1. The number of carbonyl (C=O) groups excluding carboxylic acids is 5. The molecule has 0 bridgehead atoms. The number of rotatable bonds is 8. The highest BCUT2D eigenvalue weighted by Gasteiger charge is 2.44. The molecule has 10 heteroatoms. The van der Waals surface area contributed by atoms with E-state index in [2.05, 4.69) is 10.2 Å². The summed E-state index contributed by atoms with van der Waals surface area (Å²) in [6.07, 6.45) is 3.10. The number of primary amides is 1. The first-order chi connectivity index (χ1) is 18.3. The quantitative estimate of drug-likeness (QED) is 0.402. The second-order valence-corrected chi connectivity index (χ2v) is 9.96. The van der Waals surface area contributed by atoms with Gasteiger partial charge in [-0.3, -0.25) is 34.2 Å². The number of nitrogens with one attached hydrogen (secondary N) is 1. The van der Waals surface area contributed by atoms with E-state index in [1.165, 1.54) is 5.56 Å². The van der Waals surface area contributed by atoms with Crippen LogP contribution in [0.5, 0.6) is 5.75 Å². The van der Waals surface area contributed by atoms with Gasteiger partial charge in [-0.25, -0.2) is 0 Å². The van der Waals surface area contributed by atoms with Crippen LogP contribution in [0.15, 0.2) is 42.5 Å². The largest absolute Gasteiger partial charge is 0.494 e. The third-order valence-electron chi connectivity index (χ3n) is 7.55. The number of fused-ring (bicyclic) bond motifs is 1. The Bertz CT molecular complexity index is 1280. The van der Waals surface area contributed by atoms with Crippen LogP contribution >= 0.6 is 0 Å². The minimum atomic E-state index is -0.983. The van der Waals surface area contributed by atoms with Crippen LogP contribution in [0.4, 0.5) is 0 Å². The zero-order valence-corrected chi connectivity index (χ0v) is 21.0. The van der Waals surface area contributed by atoms with E-state index >= 15 is 0 Å². The Hall–Kier alpha value is -4.05. The number of benzene rings is 2. The molecular formula is C28H30N4O6. The average Bonchev–Trinajstić information content (AvgIpc) is 3.16. The predicted molar refractivity (Wildman–Crippen MR) is 137 cm³/mol. The van der Waals surface area contributed by atoms with Crippen molar-refractivity contribution >= 4 is 29.5 Å². The van der Waals surface area contributed by atoms with Crippen LogP contribution < -0.4 is 15.8 Å². The second kappa shape index (κ2) is 10.7. The van der Waals surface area contributed by atoms with Crippen LogP contribution in [-0.2, 0) is 9.59 Å². The molecule has 198 valence electrons. The molecule has 38 heavy (non-hydrogen) atoms. The first-order valence-corrected chi connectivity index (χ1v) is 12.9. The van der Waals surface area contributed by atoms with Crippen LogP contribution in [-0.4, -0.2) is 71.6 Å². The molecule has 0 radical (unpaired) electrons. The summed E-state index contributed by atoms with van der Waals surface area (Å²) < 4.78 is 5.87. The SMILES string of the molecule is NC(=O)c1ccc(C2CCN(CCCOc3ccc4c(c3)C(=O)N(C3CCC(=O)NC3=O)C4=O)CC2)cc1. The van der Waals surface area contributed by atoms with Crippen molar-refractivity contribution in [1.29, 1.82) is 0 Å². The van der Waals surface area contributed by atoms with Crippen molar-refractivity contribution in [3.05, 3.63) is 64.7 Å². The number of amides is 5. The van der Waals surface area contributed by atoms with E-state index in [0.29, 0.717) is 23.8 Å². The van der Waals surface area contributed by atoms with E-state index < -0.39 is 35.6 Å². The van der Waals surface area contributed by atoms with Gasteiger partial charge in [0.1, 0.15) is 11.8 Å². The summed E-state index contributed by atoms with van der Waals surface area (Å²) in [7, 11) is 0. The normalized spacial score (nSPS) is 20.4. The summed E-state index contributed by atoms with van der Waals surface area (Å²) in [4.78, 5) is 64.0. The molecule has 2 fully saturated rings. The molecule has 2 aromatic carbocycles. The predicted octanol–water partition coefficient (Wildman–Crippen LogP) is 1.84. The molecule has 1 atom stereocenters. The Morgan fingerprint density at radius 2 is 1.66 bits per heavy atom. The van der Waals surface area contributed by atoms with Gasteiger partial charge >= 0.3 is 0 Å². The zero-order chi connectivity index (χ0) is 26.8. The number of nitrogens with two attached hydrogens (primary N) is 1. The van der Waals surface area contributed by atoms with E-state index in [4.69, 9.17) is 10.5 Å². The maximum absolute atomic E-state index is 13.0. The van der Waals surface area contributed by atoms with E-state index in [0.717, 1.165) is 43.8 Å². The molecule has 5 amide bonds. The topological polar surface area (TPSA) is 139 Å². The van der Waals surface area contributed by atoms with E-state index in [1.54, 1.807) is 30.3 Å². The number of carbonyl (C=O) groups is 5. The summed E-state index contributed by atoms with van der Waals surface area (Å²) in [5.74, 6) is -1.56. The number of hydrogen-bond donors (Lipinski definition) is 2. The molecule has 3 heterocycles. The van der Waals surface area contributed by atoms with E-state index in [-0.39, 0.29) is 24.0 Å². The van der Waals surface area contributed by atoms with Gasteiger partial charge in [0, 0.05) is 18.5 Å². The van der Waals surface area contributed by atoms with Gasteiger partial charge < -0.3 is 15.4 Å². The standard InChI is InChI=1S/C28H30N4O6/c29-25(34)19-4-2-17(3-5-19)18-10-13-31(14-11-18)12-1-15-38-20-6-7-21-22(16-20)28(37)32(27(21)36)23-8-9-24(33)30-26(23)35/h2-7,16,18,23H,1,8-15H2,(H2,29,34)(H,30,33,35). The fourth-order valence-electron chi connectivity index (χ4n) is 5.43. The van der Waals surface area contributed by atoms with Crippen molar-refractivity contribution in [2.45, 2.75) is 44.1 Å². The van der Waals surface area contributed by atoms with Crippen molar-refractivity contribution in [3.63, 3.8) is 0 Å². The highest BCUT2D eigenvalue weighted by Crippen LogP contribution is 2.31. The maximum Gasteiger partial charge on any atom is 0.262 e. The fourth-order valence-corrected chi connectivity index (χ4v) is 5.43. The van der Waals surface area contributed by atoms with Crippen molar-refractivity contribution in [2.24, 2.45) is 5.73 Å². The molecule has 0 saturated carbocycles. The molecule has 3 aliphatic rings. The lowest BCUT2D eigenvalue weighted by molar-refractivity contribution is -0.136. The van der Waals surface area contributed by atoms with Gasteiger partial charge in [-0.2, -0.15) is 0 Å². The van der Waals surface area contributed by atoms with Crippen LogP contribution in [0.2, 0.25) is 0 Å². The Morgan fingerprint density at radius 1 is 0.947 bits per heavy atom. The lowest BCUT2D eigenvalue weighted by atomic mass is 9.89. The van der Waals surface area contributed by atoms with Gasteiger partial charge in [0.2, 0.25) is 17.7 Å². The lowest BCUT2D eigenvalue weighted by Crippen LogP contribution is -2.54. The van der Waals surface area contributed by atoms with Crippen molar-refractivity contribution < 1.29 is 28.7 Å². The third-order valence-corrected chi connectivity index (χ3v) is 7.55. The Kier molecular flexibility index (Phi) is 7.24. The summed E-state index contributed by atoms with van der Waals surface area (Å²) in [5, 5.41) is 2.20. The Labute approximate surface area is 220 Å². The van der Waals surface area contributed by atoms with Crippen LogP contribution in [0.25, 0.3) is 0 Å². The molecular weight excluding hydrogens is 488 g/mol. The minimum Gasteiger partial charge on any atom is -0.494 e. The van der Waals surface area contributed by atoms with Gasteiger partial charge in [-0.05, 0) is 80.6 Å². The summed E-state index contributed by atoms with van der Waals surface area (Å²) in [6, 6.07) is 11.3. The number of piperidine rings is 2. The molecule has 0 spiro atoms. The molecule has 2 aromatic rings. The van der Waals surface area contributed by atoms with Crippen molar-refractivity contribution in [3.8, 4) is 5.75 Å². The maximum atomic E-state index is 13.0. The van der Waals surface area contributed by atoms with Crippen LogP contribution in [0.1, 0.15) is 74.7 Å². The highest BCUT2D eigenvalue weighted by molar-refractivity contribution is 6.23. The number of ether oxygens (including phenoxy) is 1. The molecule has 3 N–H and O–H groups in total. The number of nitrogens with zero attached hydrogens (tertiary/aromatic N) is 2. The van der Waals surface area contributed by atoms with Crippen molar-refractivity contribution in [1.82, 2.24) is 15.1 Å². The molecule has 3 aliphatic heterocycles. The van der Waals surface area contributed by atoms with E-state index in [1.807, 2.05) is 12.1 Å². The van der Waals surface area contributed by atoms with Gasteiger partial charge in [0.15, 0.2) is 0 Å². The Balaban J connectivity index is 1.09. The zero-order valence-electron chi connectivity index (χ0n) is 21.0. The molecule has 0 aromatic heterocycles. The van der Waals surface area contributed by atoms with Gasteiger partial charge in [0.05, 0.1) is 17.7 Å². The first-order valence-electron chi connectivity index (χ1n) is 12.9. The smallest absolute Gasteiger partial charge is 0.262 e. The molecule has 2 saturated heterocycles. The average molecular weight is 519 g/mol. The fraction of sp³-hybridized carbons (Fsp3) is 0.393. The monoisotopic (exact) mass is 518 g/mol. The molecule has 5 rings (SSSR count). The minimum absolute atomic E-state index is 0.0832. The van der Waals surface area contributed by atoms with Gasteiger partial charge in [-0.1, -0.05) is 12.1 Å². The summed E-state index contributed by atoms with van der Waals surface area (Å²) in [5.41, 5.74) is 7.53. The van der Waals surface area contributed by atoms with Crippen molar-refractivity contribution in [2.75, 3.05) is 26.2 Å². The Morgan fingerprint density at radius 3 is 2.34 bits per heavy atom. The molecule has 10 nitrogen and oxygen atoms in total.